The third kappa shape index (κ3) is 7.32. The van der Waals surface area contributed by atoms with Gasteiger partial charge in [0.15, 0.2) is 0 Å². The summed E-state index contributed by atoms with van der Waals surface area (Å²) in [6.07, 6.45) is 2.18. The van der Waals surface area contributed by atoms with E-state index in [1.807, 2.05) is 6.92 Å². The van der Waals surface area contributed by atoms with Crippen LogP contribution in [0.2, 0.25) is 5.02 Å². The molecule has 106 valence electrons. The third-order valence-corrected chi connectivity index (χ3v) is 3.64. The summed E-state index contributed by atoms with van der Waals surface area (Å²) in [5, 5.41) is 1.77. The number of halogens is 1. The largest absolute Gasteiger partial charge is 0.382 e. The molecule has 0 unspecified atom stereocenters. The molecule has 0 fully saturated rings. The van der Waals surface area contributed by atoms with E-state index in [0.29, 0.717) is 31.2 Å². The van der Waals surface area contributed by atoms with Crippen molar-refractivity contribution in [3.63, 3.8) is 0 Å². The summed E-state index contributed by atoms with van der Waals surface area (Å²) in [5.41, 5.74) is 0.782. The van der Waals surface area contributed by atoms with Crippen molar-refractivity contribution in [1.29, 1.82) is 0 Å². The highest BCUT2D eigenvalue weighted by Crippen LogP contribution is 2.10. The van der Waals surface area contributed by atoms with Gasteiger partial charge < -0.3 is 4.74 Å². The number of hydrogen-bond acceptors (Lipinski definition) is 3. The van der Waals surface area contributed by atoms with Gasteiger partial charge >= 0.3 is 0 Å². The minimum absolute atomic E-state index is 0.368. The molecule has 19 heavy (non-hydrogen) atoms. The molecule has 0 saturated carbocycles. The smallest absolute Gasteiger partial charge is 0.233 e. The topological polar surface area (TPSA) is 55.4 Å². The zero-order valence-corrected chi connectivity index (χ0v) is 12.4. The summed E-state index contributed by atoms with van der Waals surface area (Å²) in [5.74, 6) is 0. The number of rotatable bonds is 8. The van der Waals surface area contributed by atoms with E-state index in [9.17, 15) is 8.42 Å². The van der Waals surface area contributed by atoms with Gasteiger partial charge in [0.25, 0.3) is 0 Å². The van der Waals surface area contributed by atoms with E-state index in [-0.39, 0.29) is 0 Å². The van der Waals surface area contributed by atoms with Crippen LogP contribution in [0.5, 0.6) is 0 Å². The average Bonchev–Trinajstić information content (AvgIpc) is 2.38. The maximum Gasteiger partial charge on any atom is 0.233 e. The average molecular weight is 304 g/mol. The van der Waals surface area contributed by atoms with E-state index in [1.165, 1.54) is 6.08 Å². The van der Waals surface area contributed by atoms with Crippen molar-refractivity contribution < 1.29 is 13.2 Å². The Morgan fingerprint density at radius 1 is 1.32 bits per heavy atom. The molecule has 1 N–H and O–H groups in total. The van der Waals surface area contributed by atoms with Gasteiger partial charge in [-0.25, -0.2) is 13.1 Å². The van der Waals surface area contributed by atoms with Gasteiger partial charge in [0, 0.05) is 30.2 Å². The van der Waals surface area contributed by atoms with Crippen molar-refractivity contribution in [2.24, 2.45) is 0 Å². The molecule has 0 amide bonds. The van der Waals surface area contributed by atoms with Crippen molar-refractivity contribution in [2.45, 2.75) is 13.3 Å². The standard InChI is InChI=1S/C13H18ClNO3S/c1-2-18-10-3-9-15-19(16,17)11-8-12-4-6-13(14)7-5-12/h4-8,11,15H,2-3,9-10H2,1H3/b11-8+. The van der Waals surface area contributed by atoms with E-state index >= 15 is 0 Å². The van der Waals surface area contributed by atoms with Crippen LogP contribution in [0.1, 0.15) is 18.9 Å². The fourth-order valence-corrected chi connectivity index (χ4v) is 2.31. The fraction of sp³-hybridized carbons (Fsp3) is 0.385. The normalized spacial score (nSPS) is 12.1. The SMILES string of the molecule is CCOCCCNS(=O)(=O)/C=C/c1ccc(Cl)cc1. The van der Waals surface area contributed by atoms with E-state index in [4.69, 9.17) is 16.3 Å². The van der Waals surface area contributed by atoms with Crippen molar-refractivity contribution in [3.8, 4) is 0 Å². The Bertz CT molecular complexity index is 497. The van der Waals surface area contributed by atoms with Gasteiger partial charge in [-0.15, -0.1) is 0 Å². The first-order valence-electron chi connectivity index (χ1n) is 6.04. The van der Waals surface area contributed by atoms with Crippen LogP contribution in [0.3, 0.4) is 0 Å². The fourth-order valence-electron chi connectivity index (χ4n) is 1.32. The van der Waals surface area contributed by atoms with Crippen molar-refractivity contribution >= 4 is 27.7 Å². The monoisotopic (exact) mass is 303 g/mol. The van der Waals surface area contributed by atoms with Crippen LogP contribution in [-0.4, -0.2) is 28.2 Å². The zero-order valence-electron chi connectivity index (χ0n) is 10.8. The first-order chi connectivity index (χ1) is 9.03. The maximum absolute atomic E-state index is 11.6. The minimum atomic E-state index is -3.40. The Morgan fingerprint density at radius 3 is 2.63 bits per heavy atom. The molecule has 0 aliphatic rings. The van der Waals surface area contributed by atoms with Gasteiger partial charge in [-0.2, -0.15) is 0 Å². The van der Waals surface area contributed by atoms with Crippen molar-refractivity contribution in [3.05, 3.63) is 40.3 Å². The summed E-state index contributed by atoms with van der Waals surface area (Å²) < 4.78 is 30.9. The van der Waals surface area contributed by atoms with Gasteiger partial charge in [-0.3, -0.25) is 0 Å². The lowest BCUT2D eigenvalue weighted by Crippen LogP contribution is -2.23. The van der Waals surface area contributed by atoms with Crippen molar-refractivity contribution in [2.75, 3.05) is 19.8 Å². The first-order valence-corrected chi connectivity index (χ1v) is 7.97. The Labute approximate surface area is 119 Å². The summed E-state index contributed by atoms with van der Waals surface area (Å²) >= 11 is 5.75. The lowest BCUT2D eigenvalue weighted by Gasteiger charge is -2.03. The van der Waals surface area contributed by atoms with Gasteiger partial charge in [0.2, 0.25) is 10.0 Å². The van der Waals surface area contributed by atoms with E-state index in [1.54, 1.807) is 24.3 Å². The molecule has 0 atom stereocenters. The number of ether oxygens (including phenoxy) is 1. The summed E-state index contributed by atoms with van der Waals surface area (Å²) in [6, 6.07) is 6.93. The van der Waals surface area contributed by atoms with Gasteiger partial charge in [0.1, 0.15) is 0 Å². The summed E-state index contributed by atoms with van der Waals surface area (Å²) in [7, 11) is -3.40. The quantitative estimate of drug-likeness (QED) is 0.751. The van der Waals surface area contributed by atoms with E-state index in [2.05, 4.69) is 4.72 Å². The molecule has 0 aliphatic carbocycles. The lowest BCUT2D eigenvalue weighted by molar-refractivity contribution is 0.146. The molecule has 1 aromatic rings. The molecule has 1 rings (SSSR count). The lowest BCUT2D eigenvalue weighted by atomic mass is 10.2. The molecule has 0 aliphatic heterocycles. The molecule has 0 spiro atoms. The van der Waals surface area contributed by atoms with Crippen LogP contribution in [0.15, 0.2) is 29.7 Å². The molecule has 0 saturated heterocycles. The van der Waals surface area contributed by atoms with Crippen LogP contribution in [0.25, 0.3) is 6.08 Å². The highest BCUT2D eigenvalue weighted by molar-refractivity contribution is 7.92. The first kappa shape index (κ1) is 16.2. The number of sulfonamides is 1. The molecule has 0 radical (unpaired) electrons. The van der Waals surface area contributed by atoms with E-state index in [0.717, 1.165) is 11.0 Å². The molecule has 4 nitrogen and oxygen atoms in total. The minimum Gasteiger partial charge on any atom is -0.382 e. The van der Waals surface area contributed by atoms with Crippen LogP contribution in [0, 0.1) is 0 Å². The molecule has 6 heteroatoms. The van der Waals surface area contributed by atoms with Crippen LogP contribution in [0.4, 0.5) is 0 Å². The second-order valence-electron chi connectivity index (χ2n) is 3.84. The molecule has 0 heterocycles. The predicted octanol–water partition coefficient (Wildman–Crippen LogP) is 2.66. The summed E-state index contributed by atoms with van der Waals surface area (Å²) in [6.45, 7) is 3.47. The Balaban J connectivity index is 2.43. The number of hydrogen-bond donors (Lipinski definition) is 1. The molecule has 0 bridgehead atoms. The van der Waals surface area contributed by atoms with E-state index < -0.39 is 10.0 Å². The predicted molar refractivity (Wildman–Crippen MR) is 78.5 cm³/mol. The Kier molecular flexibility index (Phi) is 7.09. The number of benzene rings is 1. The summed E-state index contributed by atoms with van der Waals surface area (Å²) in [4.78, 5) is 0. The van der Waals surface area contributed by atoms with Gasteiger partial charge in [0.05, 0.1) is 0 Å². The second kappa shape index (κ2) is 8.32. The Morgan fingerprint density at radius 2 is 2.00 bits per heavy atom. The van der Waals surface area contributed by atoms with Crippen molar-refractivity contribution in [1.82, 2.24) is 4.72 Å². The van der Waals surface area contributed by atoms with Crippen LogP contribution >= 0.6 is 11.6 Å². The molecular formula is C13H18ClNO3S. The molecular weight excluding hydrogens is 286 g/mol. The van der Waals surface area contributed by atoms with Gasteiger partial charge in [-0.05, 0) is 37.1 Å². The third-order valence-electron chi connectivity index (χ3n) is 2.28. The highest BCUT2D eigenvalue weighted by Gasteiger charge is 2.03. The Hall–Kier alpha value is -0.880. The van der Waals surface area contributed by atoms with Crippen LogP contribution in [-0.2, 0) is 14.8 Å². The van der Waals surface area contributed by atoms with Crippen LogP contribution < -0.4 is 4.72 Å². The highest BCUT2D eigenvalue weighted by atomic mass is 35.5. The number of nitrogens with one attached hydrogen (secondary N) is 1. The zero-order chi connectivity index (χ0) is 14.1. The molecule has 1 aromatic carbocycles. The molecule has 0 aromatic heterocycles. The maximum atomic E-state index is 11.6. The van der Waals surface area contributed by atoms with Gasteiger partial charge in [-0.1, -0.05) is 23.7 Å². The second-order valence-corrected chi connectivity index (χ2v) is 5.93.